The number of pyridine rings is 1. The molecule has 0 saturated carbocycles. The molecule has 0 fully saturated rings. The highest BCUT2D eigenvalue weighted by Crippen LogP contribution is 2.31. The average Bonchev–Trinajstić information content (AvgIpc) is 2.62. The van der Waals surface area contributed by atoms with Crippen LogP contribution in [0.25, 0.3) is 33.3 Å². The van der Waals surface area contributed by atoms with Crippen molar-refractivity contribution in [2.24, 2.45) is 0 Å². The van der Waals surface area contributed by atoms with Crippen molar-refractivity contribution >= 4 is 10.9 Å². The summed E-state index contributed by atoms with van der Waals surface area (Å²) in [5.74, 6) is -0.294. The van der Waals surface area contributed by atoms with E-state index in [0.717, 1.165) is 33.3 Å². The smallest absolute Gasteiger partial charge is 0.0601 e. The Morgan fingerprint density at radius 2 is 1.61 bits per heavy atom. The van der Waals surface area contributed by atoms with Crippen LogP contribution in [-0.2, 0) is 0 Å². The lowest BCUT2D eigenvalue weighted by Crippen LogP contribution is -1.90. The van der Waals surface area contributed by atoms with Gasteiger partial charge in [-0.1, -0.05) is 54.6 Å². The first-order valence-corrected chi connectivity index (χ1v) is 7.44. The fraction of sp³-hybridized carbons (Fsp3) is 0. The van der Waals surface area contributed by atoms with Crippen molar-refractivity contribution in [2.75, 3.05) is 0 Å². The van der Waals surface area contributed by atoms with Gasteiger partial charge in [-0.15, -0.1) is 29.8 Å². The molecule has 0 bridgehead atoms. The number of aromatic nitrogens is 1. The van der Waals surface area contributed by atoms with Crippen LogP contribution in [-0.4, -0.2) is 4.98 Å². The van der Waals surface area contributed by atoms with Crippen LogP contribution in [0.15, 0.2) is 78.9 Å². The molecule has 23 heavy (non-hydrogen) atoms. The second-order valence-electron chi connectivity index (χ2n) is 5.36. The first kappa shape index (κ1) is 13.6. The second kappa shape index (κ2) is 5.65. The normalized spacial score (nSPS) is 10.8. The van der Waals surface area contributed by atoms with Gasteiger partial charge < -0.3 is 0 Å². The van der Waals surface area contributed by atoms with E-state index in [1.807, 2.05) is 42.5 Å². The highest BCUT2D eigenvalue weighted by Gasteiger charge is 2.06. The highest BCUT2D eigenvalue weighted by atomic mass is 19.1. The van der Waals surface area contributed by atoms with Crippen LogP contribution in [0.2, 0.25) is 0 Å². The Morgan fingerprint density at radius 1 is 0.826 bits per heavy atom. The quantitative estimate of drug-likeness (QED) is 0.445. The Bertz CT molecular complexity index is 960. The van der Waals surface area contributed by atoms with Crippen LogP contribution in [0.4, 0.5) is 4.39 Å². The van der Waals surface area contributed by atoms with E-state index >= 15 is 0 Å². The molecule has 4 rings (SSSR count). The van der Waals surface area contributed by atoms with Crippen LogP contribution < -0.4 is 0 Å². The van der Waals surface area contributed by atoms with Gasteiger partial charge in [-0.05, 0) is 22.9 Å². The predicted molar refractivity (Wildman–Crippen MR) is 91.4 cm³/mol. The molecule has 0 atom stereocenters. The lowest BCUT2D eigenvalue weighted by atomic mass is 9.98. The number of halogens is 1. The van der Waals surface area contributed by atoms with Crippen molar-refractivity contribution in [1.82, 2.24) is 4.98 Å². The fourth-order valence-corrected chi connectivity index (χ4v) is 2.74. The maximum Gasteiger partial charge on any atom is 0.0601 e. The molecule has 0 radical (unpaired) electrons. The van der Waals surface area contributed by atoms with Crippen LogP contribution in [0.3, 0.4) is 0 Å². The van der Waals surface area contributed by atoms with Gasteiger partial charge in [0.25, 0.3) is 0 Å². The van der Waals surface area contributed by atoms with Gasteiger partial charge in [0.05, 0.1) is 5.52 Å². The Kier molecular flexibility index (Phi) is 3.35. The lowest BCUT2D eigenvalue weighted by molar-refractivity contribution is 0.627. The van der Waals surface area contributed by atoms with Gasteiger partial charge in [0, 0.05) is 11.2 Å². The van der Waals surface area contributed by atoms with Crippen LogP contribution >= 0.6 is 0 Å². The van der Waals surface area contributed by atoms with E-state index < -0.39 is 0 Å². The molecule has 2 heteroatoms. The molecule has 0 amide bonds. The zero-order valence-electron chi connectivity index (χ0n) is 12.3. The van der Waals surface area contributed by atoms with E-state index in [1.165, 1.54) is 12.1 Å². The first-order chi connectivity index (χ1) is 11.3. The summed E-state index contributed by atoms with van der Waals surface area (Å²) >= 11 is 0. The maximum atomic E-state index is 13.1. The van der Waals surface area contributed by atoms with Gasteiger partial charge in [0.1, 0.15) is 0 Å². The number of nitrogens with zero attached hydrogens (tertiary/aromatic N) is 1. The number of hydrogen-bond donors (Lipinski definition) is 0. The number of rotatable bonds is 2. The van der Waals surface area contributed by atoms with Gasteiger partial charge >= 0.3 is 0 Å². The molecular weight excluding hydrogens is 285 g/mol. The number of fused-ring (bicyclic) bond motifs is 1. The molecule has 0 spiro atoms. The summed E-state index contributed by atoms with van der Waals surface area (Å²) in [7, 11) is 0. The van der Waals surface area contributed by atoms with Crippen molar-refractivity contribution in [3.8, 4) is 22.4 Å². The van der Waals surface area contributed by atoms with E-state index in [0.29, 0.717) is 0 Å². The van der Waals surface area contributed by atoms with Crippen LogP contribution in [0.1, 0.15) is 0 Å². The van der Waals surface area contributed by atoms with Crippen molar-refractivity contribution in [3.05, 3.63) is 90.7 Å². The van der Waals surface area contributed by atoms with Gasteiger partial charge in [0.15, 0.2) is 0 Å². The third kappa shape index (κ3) is 2.59. The minimum absolute atomic E-state index is 0.294. The van der Waals surface area contributed by atoms with Gasteiger partial charge in [-0.3, -0.25) is 9.37 Å². The Balaban J connectivity index is 1.99. The van der Waals surface area contributed by atoms with Crippen LogP contribution in [0, 0.1) is 11.9 Å². The van der Waals surface area contributed by atoms with Gasteiger partial charge in [-0.2, -0.15) is 0 Å². The van der Waals surface area contributed by atoms with E-state index in [9.17, 15) is 4.39 Å². The predicted octanol–water partition coefficient (Wildman–Crippen LogP) is 5.51. The Morgan fingerprint density at radius 3 is 2.39 bits per heavy atom. The topological polar surface area (TPSA) is 12.9 Å². The molecule has 1 aromatic heterocycles. The molecule has 0 saturated heterocycles. The molecule has 4 aromatic rings. The number of benzene rings is 3. The monoisotopic (exact) mass is 298 g/mol. The third-order valence-corrected chi connectivity index (χ3v) is 3.85. The van der Waals surface area contributed by atoms with Crippen molar-refractivity contribution in [1.29, 1.82) is 0 Å². The number of para-hydroxylation sites is 1. The Hall–Kier alpha value is -3.00. The molecule has 0 unspecified atom stereocenters. The summed E-state index contributed by atoms with van der Waals surface area (Å²) in [4.78, 5) is 4.71. The largest absolute Gasteiger partial charge is 0.296 e. The Labute approximate surface area is 134 Å². The summed E-state index contributed by atoms with van der Waals surface area (Å²) in [6.45, 7) is 0. The molecule has 110 valence electrons. The second-order valence-corrected chi connectivity index (χ2v) is 5.36. The van der Waals surface area contributed by atoms with E-state index in [1.54, 1.807) is 6.07 Å². The molecule has 0 N–H and O–H groups in total. The first-order valence-electron chi connectivity index (χ1n) is 7.44. The van der Waals surface area contributed by atoms with E-state index in [4.69, 9.17) is 4.98 Å². The molecule has 0 aliphatic rings. The molecule has 0 aliphatic heterocycles. The lowest BCUT2D eigenvalue weighted by Gasteiger charge is -2.14. The van der Waals surface area contributed by atoms with Crippen molar-refractivity contribution in [3.63, 3.8) is 0 Å². The number of hydrogen-bond acceptors (Lipinski definition) is 1. The maximum absolute atomic E-state index is 13.1. The van der Waals surface area contributed by atoms with E-state index in [-0.39, 0.29) is 5.82 Å². The molecule has 3 aromatic carbocycles. The van der Waals surface area contributed by atoms with Gasteiger partial charge in [0.2, 0.25) is 0 Å². The average molecular weight is 298 g/mol. The molecule has 1 nitrogen and oxygen atoms in total. The van der Waals surface area contributed by atoms with Crippen LogP contribution in [0.5, 0.6) is 0 Å². The highest BCUT2D eigenvalue weighted by molar-refractivity contribution is 5.96. The summed E-state index contributed by atoms with van der Waals surface area (Å²) in [6, 6.07) is 27.8. The zero-order chi connectivity index (χ0) is 15.6. The summed E-state index contributed by atoms with van der Waals surface area (Å²) in [5.41, 5.74) is 4.75. The fourth-order valence-electron chi connectivity index (χ4n) is 2.74. The van der Waals surface area contributed by atoms with Crippen molar-refractivity contribution in [2.45, 2.75) is 0 Å². The summed E-state index contributed by atoms with van der Waals surface area (Å²) in [5, 5.41) is 1.10. The minimum atomic E-state index is -0.294. The van der Waals surface area contributed by atoms with Gasteiger partial charge in [-0.25, -0.2) is 0 Å². The third-order valence-electron chi connectivity index (χ3n) is 3.85. The molecule has 0 aliphatic carbocycles. The summed E-state index contributed by atoms with van der Waals surface area (Å²) in [6.07, 6.45) is 0. The van der Waals surface area contributed by atoms with Crippen molar-refractivity contribution < 1.29 is 4.39 Å². The summed E-state index contributed by atoms with van der Waals surface area (Å²) < 4.78 is 13.1. The van der Waals surface area contributed by atoms with E-state index in [2.05, 4.69) is 24.3 Å². The SMILES string of the molecule is Fc1c[c-]c(-c2cc(-c3ccccc3)c3ccccc3n2)cc1. The molecule has 1 heterocycles. The molecular formula is C21H13FN-. The zero-order valence-corrected chi connectivity index (χ0v) is 12.3. The minimum Gasteiger partial charge on any atom is -0.296 e. The standard InChI is InChI=1S/C21H13FN/c22-17-12-10-16(11-13-17)21-14-19(15-6-2-1-3-7-15)18-8-4-5-9-20(18)23-21/h1-10,12-14H/q-1.